The number of rotatable bonds is 8. The van der Waals surface area contributed by atoms with Crippen LogP contribution >= 0.6 is 7.14 Å². The van der Waals surface area contributed by atoms with Crippen LogP contribution in [0.1, 0.15) is 13.8 Å². The number of hydrogen-bond donors (Lipinski definition) is 2. The van der Waals surface area contributed by atoms with Crippen molar-refractivity contribution in [2.45, 2.75) is 26.5 Å². The number of nitrogen functional groups attached to an aromatic ring is 1. The summed E-state index contributed by atoms with van der Waals surface area (Å²) in [6, 6.07) is 0. The van der Waals surface area contributed by atoms with E-state index in [4.69, 9.17) is 10.5 Å². The molecule has 0 aliphatic heterocycles. The maximum atomic E-state index is 13.2. The van der Waals surface area contributed by atoms with Gasteiger partial charge in [0.25, 0.3) is 5.56 Å². The molecule has 0 bridgehead atoms. The van der Waals surface area contributed by atoms with E-state index in [0.717, 1.165) is 0 Å². The van der Waals surface area contributed by atoms with Crippen LogP contribution in [0.4, 0.5) is 10.3 Å². The Bertz CT molecular complexity index is 767. The van der Waals surface area contributed by atoms with E-state index in [2.05, 4.69) is 15.0 Å². The van der Waals surface area contributed by atoms with E-state index in [1.54, 1.807) is 0 Å². The Morgan fingerprint density at radius 3 is 2.78 bits per heavy atom. The van der Waals surface area contributed by atoms with Gasteiger partial charge in [-0.2, -0.15) is 4.98 Å². The van der Waals surface area contributed by atoms with Crippen molar-refractivity contribution >= 4 is 24.3 Å². The molecule has 3 N–H and O–H groups in total. The molecular weight excluding hydrogens is 324 g/mol. The minimum atomic E-state index is -2.41. The second kappa shape index (κ2) is 7.23. The van der Waals surface area contributed by atoms with Crippen LogP contribution in [0.15, 0.2) is 11.1 Å². The van der Waals surface area contributed by atoms with E-state index >= 15 is 0 Å². The smallest absolute Gasteiger partial charge is 0.280 e. The monoisotopic (exact) mass is 345 g/mol. The first-order chi connectivity index (χ1) is 10.9. The summed E-state index contributed by atoms with van der Waals surface area (Å²) >= 11 is 0. The largest absolute Gasteiger partial charge is 0.369 e. The van der Waals surface area contributed by atoms with E-state index in [-0.39, 0.29) is 30.0 Å². The Balaban J connectivity index is 2.16. The molecule has 23 heavy (non-hydrogen) atoms. The highest BCUT2D eigenvalue weighted by atomic mass is 31.2. The van der Waals surface area contributed by atoms with Gasteiger partial charge >= 0.3 is 0 Å². The molecule has 0 saturated heterocycles. The Morgan fingerprint density at radius 2 is 2.17 bits per heavy atom. The van der Waals surface area contributed by atoms with E-state index in [9.17, 15) is 13.8 Å². The first-order valence-electron chi connectivity index (χ1n) is 7.37. The summed E-state index contributed by atoms with van der Waals surface area (Å²) in [5.41, 5.74) is 5.46. The highest BCUT2D eigenvalue weighted by Gasteiger charge is 2.21. The number of alkyl halides is 1. The molecular formula is C13H21FN5O3P. The third-order valence-corrected chi connectivity index (χ3v) is 6.69. The number of H-pyrrole nitrogens is 1. The van der Waals surface area contributed by atoms with Crippen LogP contribution in [0.2, 0.25) is 0 Å². The van der Waals surface area contributed by atoms with Crippen LogP contribution in [0.3, 0.4) is 0 Å². The normalized spacial score (nSPS) is 13.5. The molecule has 0 aliphatic carbocycles. The Morgan fingerprint density at radius 1 is 1.48 bits per heavy atom. The molecule has 2 rings (SSSR count). The van der Waals surface area contributed by atoms with Crippen LogP contribution in [-0.2, 0) is 15.8 Å². The van der Waals surface area contributed by atoms with Gasteiger partial charge in [-0.15, -0.1) is 0 Å². The lowest BCUT2D eigenvalue weighted by Gasteiger charge is -2.20. The molecule has 0 spiro atoms. The Kier molecular flexibility index (Phi) is 5.54. The van der Waals surface area contributed by atoms with Gasteiger partial charge in [-0.3, -0.25) is 9.78 Å². The summed E-state index contributed by atoms with van der Waals surface area (Å²) in [6.07, 6.45) is 1.67. The molecule has 0 amide bonds. The van der Waals surface area contributed by atoms with Crippen LogP contribution in [0.25, 0.3) is 11.2 Å². The number of imidazole rings is 1. The molecule has 2 heterocycles. The standard InChI is InChI=1S/C13H21FN5O3P/c1-3-23(21,4-2)8-22-9(5-14)6-19-7-16-10-11(19)17-13(15)18-12(10)20/h7,9H,3-6,8H2,1-2H3,(H3,15,17,18,20)/t9-/m1/s1. The van der Waals surface area contributed by atoms with Gasteiger partial charge in [0.15, 0.2) is 11.2 Å². The van der Waals surface area contributed by atoms with Gasteiger partial charge in [0.05, 0.1) is 12.9 Å². The summed E-state index contributed by atoms with van der Waals surface area (Å²) < 4.78 is 32.6. The lowest BCUT2D eigenvalue weighted by Crippen LogP contribution is -2.23. The molecule has 0 saturated carbocycles. The number of nitrogens with two attached hydrogens (primary N) is 1. The van der Waals surface area contributed by atoms with Crippen molar-refractivity contribution in [1.82, 2.24) is 19.5 Å². The van der Waals surface area contributed by atoms with Gasteiger partial charge in [-0.05, 0) is 0 Å². The van der Waals surface area contributed by atoms with Crippen molar-refractivity contribution in [2.24, 2.45) is 0 Å². The van der Waals surface area contributed by atoms with Crippen LogP contribution in [-0.4, -0.2) is 51.0 Å². The van der Waals surface area contributed by atoms with Gasteiger partial charge in [0.1, 0.15) is 26.3 Å². The maximum absolute atomic E-state index is 13.2. The number of nitrogens with zero attached hydrogens (tertiary/aromatic N) is 3. The molecule has 0 fully saturated rings. The zero-order valence-corrected chi connectivity index (χ0v) is 14.1. The molecule has 0 aliphatic rings. The average molecular weight is 345 g/mol. The van der Waals surface area contributed by atoms with Gasteiger partial charge in [0, 0.05) is 12.3 Å². The topological polar surface area (TPSA) is 116 Å². The molecule has 0 unspecified atom stereocenters. The number of aromatic nitrogens is 4. The van der Waals surface area contributed by atoms with Crippen molar-refractivity contribution in [2.75, 3.05) is 31.1 Å². The quantitative estimate of drug-likeness (QED) is 0.699. The van der Waals surface area contributed by atoms with Gasteiger partial charge in [-0.1, -0.05) is 13.8 Å². The van der Waals surface area contributed by atoms with Crippen molar-refractivity contribution in [1.29, 1.82) is 0 Å². The first-order valence-corrected chi connectivity index (χ1v) is 9.64. The predicted octanol–water partition coefficient (Wildman–Crippen LogP) is 1.42. The van der Waals surface area contributed by atoms with E-state index < -0.39 is 25.5 Å². The Labute approximate surface area is 132 Å². The number of nitrogens with one attached hydrogen (secondary N) is 1. The maximum Gasteiger partial charge on any atom is 0.280 e. The van der Waals surface area contributed by atoms with Gasteiger partial charge in [-0.25, -0.2) is 9.37 Å². The molecule has 8 nitrogen and oxygen atoms in total. The zero-order valence-electron chi connectivity index (χ0n) is 13.2. The van der Waals surface area contributed by atoms with Crippen LogP contribution < -0.4 is 11.3 Å². The van der Waals surface area contributed by atoms with E-state index in [0.29, 0.717) is 12.3 Å². The number of fused-ring (bicyclic) bond motifs is 1. The summed E-state index contributed by atoms with van der Waals surface area (Å²) in [6.45, 7) is 3.03. The Hall–Kier alpha value is -1.73. The molecule has 2 aromatic rings. The van der Waals surface area contributed by atoms with Crippen molar-refractivity contribution in [3.05, 3.63) is 16.7 Å². The third kappa shape index (κ3) is 3.97. The second-order valence-electron chi connectivity index (χ2n) is 5.28. The van der Waals surface area contributed by atoms with Crippen molar-refractivity contribution in [3.8, 4) is 0 Å². The number of ether oxygens (including phenoxy) is 1. The molecule has 0 radical (unpaired) electrons. The molecule has 1 atom stereocenters. The number of anilines is 1. The fraction of sp³-hybridized carbons (Fsp3) is 0.615. The lowest BCUT2D eigenvalue weighted by molar-refractivity contribution is 0.0521. The fourth-order valence-electron chi connectivity index (χ4n) is 2.12. The first kappa shape index (κ1) is 17.6. The second-order valence-corrected chi connectivity index (χ2v) is 8.92. The predicted molar refractivity (Wildman–Crippen MR) is 87.0 cm³/mol. The highest BCUT2D eigenvalue weighted by molar-refractivity contribution is 7.63. The number of aromatic amines is 1. The van der Waals surface area contributed by atoms with Gasteiger partial charge in [0.2, 0.25) is 5.95 Å². The van der Waals surface area contributed by atoms with Crippen molar-refractivity contribution < 1.29 is 13.7 Å². The lowest BCUT2D eigenvalue weighted by atomic mass is 10.4. The molecule has 10 heteroatoms. The summed E-state index contributed by atoms with van der Waals surface area (Å²) in [4.78, 5) is 22.0. The molecule has 128 valence electrons. The summed E-state index contributed by atoms with van der Waals surface area (Å²) in [5.74, 6) is -0.0385. The van der Waals surface area contributed by atoms with E-state index in [1.165, 1.54) is 10.9 Å². The third-order valence-electron chi connectivity index (χ3n) is 3.76. The average Bonchev–Trinajstić information content (AvgIpc) is 2.94. The highest BCUT2D eigenvalue weighted by Crippen LogP contribution is 2.44. The van der Waals surface area contributed by atoms with E-state index in [1.807, 2.05) is 13.8 Å². The van der Waals surface area contributed by atoms with Crippen LogP contribution in [0.5, 0.6) is 0 Å². The minimum absolute atomic E-state index is 0.0385. The number of halogens is 1. The van der Waals surface area contributed by atoms with Crippen molar-refractivity contribution in [3.63, 3.8) is 0 Å². The molecule has 2 aromatic heterocycles. The van der Waals surface area contributed by atoms with Gasteiger partial charge < -0.3 is 19.6 Å². The zero-order chi connectivity index (χ0) is 17.0. The SMILES string of the molecule is CCP(=O)(CC)CO[C@H](CF)Cn1cnc2c(=O)[nH]c(N)nc21. The summed E-state index contributed by atoms with van der Waals surface area (Å²) in [5, 5.41) is 0. The number of hydrogen-bond acceptors (Lipinski definition) is 6. The summed E-state index contributed by atoms with van der Waals surface area (Å²) in [7, 11) is -2.41. The van der Waals surface area contributed by atoms with Crippen LogP contribution in [0, 0.1) is 0 Å². The minimum Gasteiger partial charge on any atom is -0.369 e. The molecule has 0 aromatic carbocycles. The fourth-order valence-corrected chi connectivity index (χ4v) is 3.41.